The summed E-state index contributed by atoms with van der Waals surface area (Å²) in [6.45, 7) is 4.37. The molecular formula is C30H31FN2O6. The van der Waals surface area contributed by atoms with Gasteiger partial charge >= 0.3 is 5.97 Å². The minimum atomic E-state index is -0.528. The quantitative estimate of drug-likeness (QED) is 0.0892. The lowest BCUT2D eigenvalue weighted by atomic mass is 10.0. The zero-order chi connectivity index (χ0) is 28.0. The highest BCUT2D eigenvalue weighted by Gasteiger charge is 2.17. The van der Waals surface area contributed by atoms with Gasteiger partial charge in [-0.2, -0.15) is 0 Å². The standard InChI is InChI=1S/C30H31FN2O6/c1-5-38-33-29(23-12-16-26(17-13-23)37-18-22-10-14-25(31)15-11-22)21(2)32-39-19-24-8-6-7-9-27(24)28(20-35-3)30(34)36-4/h6-17,20H,5,18-19H2,1-4H3. The molecule has 0 aliphatic carbocycles. The van der Waals surface area contributed by atoms with Crippen molar-refractivity contribution in [2.75, 3.05) is 20.8 Å². The molecule has 0 spiro atoms. The molecule has 0 aliphatic heterocycles. The van der Waals surface area contributed by atoms with Gasteiger partial charge in [0.2, 0.25) is 0 Å². The zero-order valence-electron chi connectivity index (χ0n) is 22.3. The number of esters is 1. The van der Waals surface area contributed by atoms with Crippen LogP contribution in [0.1, 0.15) is 36.1 Å². The highest BCUT2D eigenvalue weighted by Crippen LogP contribution is 2.22. The molecule has 204 valence electrons. The van der Waals surface area contributed by atoms with Crippen molar-refractivity contribution in [3.05, 3.63) is 107 Å². The molecule has 0 unspecified atom stereocenters. The van der Waals surface area contributed by atoms with E-state index in [1.54, 1.807) is 43.3 Å². The summed E-state index contributed by atoms with van der Waals surface area (Å²) in [7, 11) is 2.77. The molecule has 0 aromatic heterocycles. The van der Waals surface area contributed by atoms with E-state index < -0.39 is 5.97 Å². The fourth-order valence-corrected chi connectivity index (χ4v) is 3.51. The summed E-state index contributed by atoms with van der Waals surface area (Å²) in [4.78, 5) is 23.2. The Balaban J connectivity index is 1.72. The number of ether oxygens (including phenoxy) is 3. The summed E-state index contributed by atoms with van der Waals surface area (Å²) in [5.74, 6) is -0.171. The minimum absolute atomic E-state index is 0.0869. The molecule has 3 aromatic rings. The van der Waals surface area contributed by atoms with Crippen LogP contribution < -0.4 is 4.74 Å². The van der Waals surface area contributed by atoms with Crippen molar-refractivity contribution in [3.8, 4) is 5.75 Å². The van der Waals surface area contributed by atoms with E-state index in [2.05, 4.69) is 10.3 Å². The first kappa shape index (κ1) is 28.9. The summed E-state index contributed by atoms with van der Waals surface area (Å²) in [5.41, 5.74) is 4.18. The Hall–Kier alpha value is -4.66. The third-order valence-electron chi connectivity index (χ3n) is 5.44. The van der Waals surface area contributed by atoms with E-state index in [1.807, 2.05) is 31.2 Å². The zero-order valence-corrected chi connectivity index (χ0v) is 22.3. The number of nitrogens with zero attached hydrogens (tertiary/aromatic N) is 2. The smallest absolute Gasteiger partial charge is 0.341 e. The predicted octanol–water partition coefficient (Wildman–Crippen LogP) is 5.90. The van der Waals surface area contributed by atoms with Gasteiger partial charge in [0, 0.05) is 11.1 Å². The number of benzene rings is 3. The van der Waals surface area contributed by atoms with Crippen LogP contribution in [0.5, 0.6) is 5.75 Å². The van der Waals surface area contributed by atoms with Gasteiger partial charge in [-0.1, -0.05) is 46.7 Å². The number of hydrogen-bond acceptors (Lipinski definition) is 8. The monoisotopic (exact) mass is 534 g/mol. The molecule has 0 bridgehead atoms. The average molecular weight is 535 g/mol. The molecule has 3 aromatic carbocycles. The lowest BCUT2D eigenvalue weighted by Gasteiger charge is -2.12. The SMILES string of the molecule is CCON=C(C(C)=NOCc1ccccc1C(=COC)C(=O)OC)c1ccc(OCc2ccc(F)cc2)cc1. The second-order valence-electron chi connectivity index (χ2n) is 8.16. The van der Waals surface area contributed by atoms with Crippen molar-refractivity contribution < 1.29 is 33.1 Å². The van der Waals surface area contributed by atoms with Crippen molar-refractivity contribution in [2.45, 2.75) is 27.1 Å². The molecule has 0 N–H and O–H groups in total. The number of hydrogen-bond donors (Lipinski definition) is 0. The Morgan fingerprint density at radius 2 is 1.62 bits per heavy atom. The summed E-state index contributed by atoms with van der Waals surface area (Å²) < 4.78 is 28.8. The number of rotatable bonds is 13. The van der Waals surface area contributed by atoms with Crippen LogP contribution in [-0.4, -0.2) is 38.2 Å². The van der Waals surface area contributed by atoms with Gasteiger partial charge in [0.1, 0.15) is 48.4 Å². The van der Waals surface area contributed by atoms with E-state index in [-0.39, 0.29) is 18.0 Å². The molecule has 0 atom stereocenters. The van der Waals surface area contributed by atoms with Crippen LogP contribution in [0.4, 0.5) is 4.39 Å². The highest BCUT2D eigenvalue weighted by molar-refractivity contribution is 6.47. The molecule has 0 saturated carbocycles. The molecule has 0 saturated heterocycles. The summed E-state index contributed by atoms with van der Waals surface area (Å²) in [5, 5.41) is 8.46. The van der Waals surface area contributed by atoms with Crippen LogP contribution in [0.3, 0.4) is 0 Å². The number of halogens is 1. The summed E-state index contributed by atoms with van der Waals surface area (Å²) in [6.07, 6.45) is 1.33. The van der Waals surface area contributed by atoms with Crippen LogP contribution in [0, 0.1) is 5.82 Å². The van der Waals surface area contributed by atoms with E-state index in [0.29, 0.717) is 41.5 Å². The van der Waals surface area contributed by atoms with Crippen molar-refractivity contribution in [3.63, 3.8) is 0 Å². The Labute approximate surface area is 227 Å². The second-order valence-corrected chi connectivity index (χ2v) is 8.16. The van der Waals surface area contributed by atoms with E-state index in [0.717, 1.165) is 11.1 Å². The summed E-state index contributed by atoms with van der Waals surface area (Å²) in [6, 6.07) is 20.7. The Morgan fingerprint density at radius 3 is 2.28 bits per heavy atom. The highest BCUT2D eigenvalue weighted by atomic mass is 19.1. The normalized spacial score (nSPS) is 12.1. The van der Waals surface area contributed by atoms with Gasteiger partial charge in [-0.15, -0.1) is 0 Å². The first-order chi connectivity index (χ1) is 19.0. The molecule has 0 radical (unpaired) electrons. The van der Waals surface area contributed by atoms with Crippen LogP contribution in [0.2, 0.25) is 0 Å². The first-order valence-corrected chi connectivity index (χ1v) is 12.2. The van der Waals surface area contributed by atoms with Crippen LogP contribution in [0.25, 0.3) is 5.57 Å². The van der Waals surface area contributed by atoms with Crippen molar-refractivity contribution in [2.24, 2.45) is 10.3 Å². The molecule has 9 heteroatoms. The maximum atomic E-state index is 13.1. The van der Waals surface area contributed by atoms with Gasteiger partial charge in [0.25, 0.3) is 0 Å². The maximum absolute atomic E-state index is 13.1. The molecule has 0 aliphatic rings. The number of methoxy groups -OCH3 is 2. The van der Waals surface area contributed by atoms with Crippen LogP contribution in [0.15, 0.2) is 89.4 Å². The first-order valence-electron chi connectivity index (χ1n) is 12.2. The fourth-order valence-electron chi connectivity index (χ4n) is 3.51. The van der Waals surface area contributed by atoms with Crippen LogP contribution >= 0.6 is 0 Å². The van der Waals surface area contributed by atoms with E-state index in [4.69, 9.17) is 23.9 Å². The summed E-state index contributed by atoms with van der Waals surface area (Å²) >= 11 is 0. The van der Waals surface area contributed by atoms with Crippen molar-refractivity contribution in [1.82, 2.24) is 0 Å². The van der Waals surface area contributed by atoms with E-state index in [1.165, 1.54) is 32.6 Å². The van der Waals surface area contributed by atoms with Gasteiger partial charge in [-0.25, -0.2) is 9.18 Å². The van der Waals surface area contributed by atoms with Gasteiger partial charge in [0.15, 0.2) is 0 Å². The second kappa shape index (κ2) is 14.9. The largest absolute Gasteiger partial charge is 0.503 e. The third-order valence-corrected chi connectivity index (χ3v) is 5.44. The maximum Gasteiger partial charge on any atom is 0.341 e. The number of carbonyl (C=O) groups excluding carboxylic acids is 1. The molecule has 0 heterocycles. The van der Waals surface area contributed by atoms with E-state index in [9.17, 15) is 9.18 Å². The number of carbonyl (C=O) groups is 1. The third kappa shape index (κ3) is 8.43. The molecule has 3 rings (SSSR count). The fraction of sp³-hybridized carbons (Fsp3) is 0.233. The average Bonchev–Trinajstić information content (AvgIpc) is 2.96. The molecule has 0 fully saturated rings. The van der Waals surface area contributed by atoms with Gasteiger partial charge in [-0.3, -0.25) is 0 Å². The predicted molar refractivity (Wildman–Crippen MR) is 147 cm³/mol. The van der Waals surface area contributed by atoms with Gasteiger partial charge in [-0.05, 0) is 61.4 Å². The molecule has 39 heavy (non-hydrogen) atoms. The molecule has 8 nitrogen and oxygen atoms in total. The lowest BCUT2D eigenvalue weighted by Crippen LogP contribution is -2.14. The molecule has 0 amide bonds. The van der Waals surface area contributed by atoms with Crippen LogP contribution in [-0.2, 0) is 37.2 Å². The minimum Gasteiger partial charge on any atom is -0.503 e. The lowest BCUT2D eigenvalue weighted by molar-refractivity contribution is -0.133. The Kier molecular flexibility index (Phi) is 11.1. The van der Waals surface area contributed by atoms with E-state index >= 15 is 0 Å². The van der Waals surface area contributed by atoms with Gasteiger partial charge < -0.3 is 23.9 Å². The number of oxime groups is 2. The van der Waals surface area contributed by atoms with Crippen molar-refractivity contribution in [1.29, 1.82) is 0 Å². The Bertz CT molecular complexity index is 1320. The topological polar surface area (TPSA) is 87.9 Å². The van der Waals surface area contributed by atoms with Gasteiger partial charge in [0.05, 0.1) is 20.5 Å². The molecular weight excluding hydrogens is 503 g/mol. The van der Waals surface area contributed by atoms with Crippen molar-refractivity contribution >= 4 is 23.0 Å². The Morgan fingerprint density at radius 1 is 0.897 bits per heavy atom.